The molecule has 0 aliphatic rings. The highest BCUT2D eigenvalue weighted by Crippen LogP contribution is 2.28. The molecule has 0 bridgehead atoms. The summed E-state index contributed by atoms with van der Waals surface area (Å²) in [7, 11) is 0. The van der Waals surface area contributed by atoms with Crippen molar-refractivity contribution in [1.29, 1.82) is 0 Å². The van der Waals surface area contributed by atoms with Gasteiger partial charge in [0.2, 0.25) is 0 Å². The Balaban J connectivity index is 3.26. The number of aliphatic carboxylic acids is 1. The van der Waals surface area contributed by atoms with Crippen LogP contribution >= 0.6 is 11.6 Å². The first kappa shape index (κ1) is 12.9. The average Bonchev–Trinajstić information content (AvgIpc) is 2.17. The minimum atomic E-state index is -1.31. The van der Waals surface area contributed by atoms with Crippen LogP contribution in [0.1, 0.15) is 19.4 Å². The normalized spacial score (nSPS) is 14.5. The molecule has 0 aliphatic carbocycles. The summed E-state index contributed by atoms with van der Waals surface area (Å²) in [6, 6.07) is 3.68. The molecule has 1 rings (SSSR count). The Morgan fingerprint density at radius 3 is 2.69 bits per heavy atom. The predicted octanol–water partition coefficient (Wildman–Crippen LogP) is 2.39. The Labute approximate surface area is 98.2 Å². The first-order valence-corrected chi connectivity index (χ1v) is 5.23. The molecule has 1 unspecified atom stereocenters. The maximum atomic E-state index is 12.9. The van der Waals surface area contributed by atoms with Crippen molar-refractivity contribution in [2.24, 2.45) is 0 Å². The van der Waals surface area contributed by atoms with E-state index < -0.39 is 17.3 Å². The van der Waals surface area contributed by atoms with E-state index in [1.54, 1.807) is 6.92 Å². The van der Waals surface area contributed by atoms with Crippen molar-refractivity contribution in [1.82, 2.24) is 5.32 Å². The van der Waals surface area contributed by atoms with Gasteiger partial charge in [-0.3, -0.25) is 5.32 Å². The topological polar surface area (TPSA) is 49.3 Å². The minimum Gasteiger partial charge on any atom is -0.480 e. The molecule has 0 spiro atoms. The summed E-state index contributed by atoms with van der Waals surface area (Å²) in [5.41, 5.74) is -0.954. The lowest BCUT2D eigenvalue weighted by Crippen LogP contribution is -2.46. The molecule has 0 heterocycles. The van der Waals surface area contributed by atoms with Crippen molar-refractivity contribution in [2.45, 2.75) is 19.4 Å². The molecule has 0 amide bonds. The fraction of sp³-hybridized carbons (Fsp3) is 0.364. The standard InChI is InChI=1S/C11H13ClFNO2/c1-3-14-11(2,10(15)16)8-5-4-7(13)6-9(8)12/h4-6,14H,3H2,1-2H3,(H,15,16). The average molecular weight is 246 g/mol. The highest BCUT2D eigenvalue weighted by atomic mass is 35.5. The molecule has 0 saturated carbocycles. The summed E-state index contributed by atoms with van der Waals surface area (Å²) < 4.78 is 12.9. The molecule has 3 nitrogen and oxygen atoms in total. The largest absolute Gasteiger partial charge is 0.480 e. The van der Waals surface area contributed by atoms with Gasteiger partial charge in [-0.15, -0.1) is 0 Å². The van der Waals surface area contributed by atoms with Crippen LogP contribution in [0.25, 0.3) is 0 Å². The van der Waals surface area contributed by atoms with Crippen LogP contribution in [0, 0.1) is 5.82 Å². The Kier molecular flexibility index (Phi) is 3.88. The van der Waals surface area contributed by atoms with E-state index in [4.69, 9.17) is 11.6 Å². The quantitative estimate of drug-likeness (QED) is 0.856. The van der Waals surface area contributed by atoms with E-state index in [2.05, 4.69) is 5.32 Å². The molecule has 1 atom stereocenters. The zero-order valence-electron chi connectivity index (χ0n) is 9.05. The summed E-state index contributed by atoms with van der Waals surface area (Å²) in [4.78, 5) is 11.2. The van der Waals surface area contributed by atoms with Crippen LogP contribution in [0.15, 0.2) is 18.2 Å². The molecule has 0 radical (unpaired) electrons. The van der Waals surface area contributed by atoms with E-state index in [-0.39, 0.29) is 5.02 Å². The van der Waals surface area contributed by atoms with Gasteiger partial charge in [0.15, 0.2) is 0 Å². The van der Waals surface area contributed by atoms with E-state index in [1.165, 1.54) is 19.1 Å². The second-order valence-corrected chi connectivity index (χ2v) is 3.99. The van der Waals surface area contributed by atoms with Crippen molar-refractivity contribution in [3.63, 3.8) is 0 Å². The highest BCUT2D eigenvalue weighted by Gasteiger charge is 2.36. The summed E-state index contributed by atoms with van der Waals surface area (Å²) in [6.45, 7) is 3.76. The third-order valence-corrected chi connectivity index (χ3v) is 2.74. The molecule has 0 aromatic heterocycles. The number of halogens is 2. The number of nitrogens with one attached hydrogen (secondary N) is 1. The molecule has 88 valence electrons. The van der Waals surface area contributed by atoms with Crippen LogP contribution in [0.2, 0.25) is 5.02 Å². The van der Waals surface area contributed by atoms with Gasteiger partial charge in [-0.05, 0) is 25.6 Å². The van der Waals surface area contributed by atoms with Crippen LogP contribution < -0.4 is 5.32 Å². The molecule has 2 N–H and O–H groups in total. The number of likely N-dealkylation sites (N-methyl/N-ethyl adjacent to an activating group) is 1. The Hall–Kier alpha value is -1.13. The molecule has 5 heteroatoms. The monoisotopic (exact) mass is 245 g/mol. The van der Waals surface area contributed by atoms with Gasteiger partial charge in [0.25, 0.3) is 0 Å². The molecule has 1 aromatic rings. The maximum Gasteiger partial charge on any atom is 0.328 e. The van der Waals surface area contributed by atoms with Gasteiger partial charge in [0, 0.05) is 10.6 Å². The Bertz CT molecular complexity index is 411. The summed E-state index contributed by atoms with van der Waals surface area (Å²) >= 11 is 5.85. The smallest absolute Gasteiger partial charge is 0.328 e. The van der Waals surface area contributed by atoms with Gasteiger partial charge >= 0.3 is 5.97 Å². The van der Waals surface area contributed by atoms with Crippen LogP contribution in [0.3, 0.4) is 0 Å². The number of benzene rings is 1. The van der Waals surface area contributed by atoms with E-state index in [1.807, 2.05) is 0 Å². The predicted molar refractivity (Wildman–Crippen MR) is 60.1 cm³/mol. The van der Waals surface area contributed by atoms with Crippen molar-refractivity contribution in [2.75, 3.05) is 6.54 Å². The third kappa shape index (κ3) is 2.33. The van der Waals surface area contributed by atoms with Gasteiger partial charge < -0.3 is 5.11 Å². The maximum absolute atomic E-state index is 12.9. The van der Waals surface area contributed by atoms with Crippen LogP contribution in [0.4, 0.5) is 4.39 Å². The number of carboxylic acid groups (broad SMARTS) is 1. The van der Waals surface area contributed by atoms with E-state index in [0.717, 1.165) is 6.07 Å². The zero-order chi connectivity index (χ0) is 12.3. The van der Waals surface area contributed by atoms with Crippen LogP contribution in [-0.4, -0.2) is 17.6 Å². The van der Waals surface area contributed by atoms with Gasteiger partial charge in [-0.2, -0.15) is 0 Å². The Morgan fingerprint density at radius 1 is 1.62 bits per heavy atom. The number of hydrogen-bond donors (Lipinski definition) is 2. The molecule has 16 heavy (non-hydrogen) atoms. The molecular weight excluding hydrogens is 233 g/mol. The van der Waals surface area contributed by atoms with Gasteiger partial charge in [-0.25, -0.2) is 9.18 Å². The first-order valence-electron chi connectivity index (χ1n) is 4.85. The number of hydrogen-bond acceptors (Lipinski definition) is 2. The fourth-order valence-corrected chi connectivity index (χ4v) is 1.89. The van der Waals surface area contributed by atoms with Crippen LogP contribution in [0.5, 0.6) is 0 Å². The summed E-state index contributed by atoms with van der Waals surface area (Å²) in [5.74, 6) is -1.54. The van der Waals surface area contributed by atoms with Gasteiger partial charge in [0.1, 0.15) is 11.4 Å². The van der Waals surface area contributed by atoms with Crippen molar-refractivity contribution < 1.29 is 14.3 Å². The second kappa shape index (κ2) is 4.80. The Morgan fingerprint density at radius 2 is 2.25 bits per heavy atom. The van der Waals surface area contributed by atoms with E-state index in [0.29, 0.717) is 12.1 Å². The second-order valence-electron chi connectivity index (χ2n) is 3.58. The first-order chi connectivity index (χ1) is 7.41. The molecule has 1 aromatic carbocycles. The minimum absolute atomic E-state index is 0.103. The number of carboxylic acids is 1. The molecular formula is C11H13ClFNO2. The molecule has 0 aliphatic heterocycles. The van der Waals surface area contributed by atoms with Gasteiger partial charge in [0.05, 0.1) is 0 Å². The lowest BCUT2D eigenvalue weighted by atomic mass is 9.92. The van der Waals surface area contributed by atoms with Crippen molar-refractivity contribution in [3.8, 4) is 0 Å². The lowest BCUT2D eigenvalue weighted by molar-refractivity contribution is -0.144. The fourth-order valence-electron chi connectivity index (χ4n) is 1.53. The van der Waals surface area contributed by atoms with Crippen LogP contribution in [-0.2, 0) is 10.3 Å². The van der Waals surface area contributed by atoms with E-state index >= 15 is 0 Å². The third-order valence-electron chi connectivity index (χ3n) is 2.43. The summed E-state index contributed by atoms with van der Waals surface area (Å²) in [5, 5.41) is 12.1. The zero-order valence-corrected chi connectivity index (χ0v) is 9.81. The summed E-state index contributed by atoms with van der Waals surface area (Å²) in [6.07, 6.45) is 0. The van der Waals surface area contributed by atoms with Crippen molar-refractivity contribution in [3.05, 3.63) is 34.6 Å². The molecule has 0 saturated heterocycles. The van der Waals surface area contributed by atoms with Crippen molar-refractivity contribution >= 4 is 17.6 Å². The van der Waals surface area contributed by atoms with Gasteiger partial charge in [-0.1, -0.05) is 24.6 Å². The SMILES string of the molecule is CCNC(C)(C(=O)O)c1ccc(F)cc1Cl. The highest BCUT2D eigenvalue weighted by molar-refractivity contribution is 6.31. The molecule has 0 fully saturated rings. The number of carbonyl (C=O) groups is 1. The van der Waals surface area contributed by atoms with E-state index in [9.17, 15) is 14.3 Å². The number of rotatable bonds is 4. The lowest BCUT2D eigenvalue weighted by Gasteiger charge is -2.27.